The van der Waals surface area contributed by atoms with Gasteiger partial charge in [0.2, 0.25) is 5.91 Å². The van der Waals surface area contributed by atoms with Crippen LogP contribution in [0.4, 0.5) is 0 Å². The van der Waals surface area contributed by atoms with Gasteiger partial charge in [-0.2, -0.15) is 0 Å². The molecule has 1 N–H and O–H groups in total. The van der Waals surface area contributed by atoms with Crippen molar-refractivity contribution in [2.75, 3.05) is 19.6 Å². The first-order chi connectivity index (χ1) is 7.70. The standard InChI is InChI=1S/C13H26N2O/c1-4-6-7-12(5-2)13(16)15-9-8-14-10-11(15)3/h11-12,14H,4-10H2,1-3H3/t11-,12?/m0/s1. The first kappa shape index (κ1) is 13.5. The number of amides is 1. The highest BCUT2D eigenvalue weighted by Crippen LogP contribution is 2.18. The number of unbranched alkanes of at least 4 members (excludes halogenated alkanes) is 1. The summed E-state index contributed by atoms with van der Waals surface area (Å²) in [6.07, 6.45) is 4.39. The molecular weight excluding hydrogens is 200 g/mol. The summed E-state index contributed by atoms with van der Waals surface area (Å²) in [5.74, 6) is 0.630. The SMILES string of the molecule is CCCCC(CC)C(=O)N1CCNC[C@@H]1C. The minimum Gasteiger partial charge on any atom is -0.337 e. The number of carbonyl (C=O) groups is 1. The molecule has 1 fully saturated rings. The summed E-state index contributed by atoms with van der Waals surface area (Å²) in [6, 6.07) is 0.358. The first-order valence-corrected chi connectivity index (χ1v) is 6.71. The van der Waals surface area contributed by atoms with Crippen molar-refractivity contribution in [3.05, 3.63) is 0 Å². The molecule has 1 rings (SSSR count). The third-order valence-electron chi connectivity index (χ3n) is 3.53. The number of hydrogen-bond donors (Lipinski definition) is 1. The van der Waals surface area contributed by atoms with Gasteiger partial charge in [0.25, 0.3) is 0 Å². The monoisotopic (exact) mass is 226 g/mol. The van der Waals surface area contributed by atoms with Crippen molar-refractivity contribution in [3.8, 4) is 0 Å². The Bertz CT molecular complexity index is 218. The predicted octanol–water partition coefficient (Wildman–Crippen LogP) is 2.02. The maximum atomic E-state index is 12.3. The summed E-state index contributed by atoms with van der Waals surface area (Å²) in [6.45, 7) is 9.21. The van der Waals surface area contributed by atoms with Gasteiger partial charge in [-0.3, -0.25) is 4.79 Å². The molecule has 1 aliphatic rings. The maximum absolute atomic E-state index is 12.3. The van der Waals surface area contributed by atoms with Gasteiger partial charge >= 0.3 is 0 Å². The number of nitrogens with one attached hydrogen (secondary N) is 1. The van der Waals surface area contributed by atoms with Crippen molar-refractivity contribution in [1.82, 2.24) is 10.2 Å². The second kappa shape index (κ2) is 6.89. The van der Waals surface area contributed by atoms with E-state index < -0.39 is 0 Å². The zero-order valence-electron chi connectivity index (χ0n) is 11.0. The van der Waals surface area contributed by atoms with Crippen molar-refractivity contribution in [1.29, 1.82) is 0 Å². The number of carbonyl (C=O) groups excluding carboxylic acids is 1. The summed E-state index contributed by atoms with van der Waals surface area (Å²) in [5, 5.41) is 3.33. The van der Waals surface area contributed by atoms with Crippen LogP contribution >= 0.6 is 0 Å². The number of piperazine rings is 1. The molecule has 94 valence electrons. The van der Waals surface area contributed by atoms with Crippen molar-refractivity contribution in [3.63, 3.8) is 0 Å². The Hall–Kier alpha value is -0.570. The molecular formula is C13H26N2O. The third-order valence-corrected chi connectivity index (χ3v) is 3.53. The van der Waals surface area contributed by atoms with Crippen LogP contribution in [0.2, 0.25) is 0 Å². The van der Waals surface area contributed by atoms with E-state index >= 15 is 0 Å². The quantitative estimate of drug-likeness (QED) is 0.778. The van der Waals surface area contributed by atoms with E-state index in [1.807, 2.05) is 0 Å². The van der Waals surface area contributed by atoms with Crippen LogP contribution in [0, 0.1) is 5.92 Å². The van der Waals surface area contributed by atoms with Crippen LogP contribution in [-0.2, 0) is 4.79 Å². The van der Waals surface area contributed by atoms with Crippen LogP contribution in [0.3, 0.4) is 0 Å². The van der Waals surface area contributed by atoms with E-state index in [1.54, 1.807) is 0 Å². The summed E-state index contributed by atoms with van der Waals surface area (Å²) >= 11 is 0. The van der Waals surface area contributed by atoms with Crippen LogP contribution in [0.1, 0.15) is 46.5 Å². The molecule has 0 aromatic heterocycles. The van der Waals surface area contributed by atoms with Crippen molar-refractivity contribution >= 4 is 5.91 Å². The van der Waals surface area contributed by atoms with E-state index in [0.29, 0.717) is 11.9 Å². The van der Waals surface area contributed by atoms with Gasteiger partial charge in [-0.1, -0.05) is 26.7 Å². The molecule has 1 amide bonds. The lowest BCUT2D eigenvalue weighted by Gasteiger charge is -2.36. The fourth-order valence-electron chi connectivity index (χ4n) is 2.36. The molecule has 0 spiro atoms. The van der Waals surface area contributed by atoms with Gasteiger partial charge in [-0.25, -0.2) is 0 Å². The van der Waals surface area contributed by atoms with E-state index in [-0.39, 0.29) is 5.92 Å². The summed E-state index contributed by atoms with van der Waals surface area (Å²) < 4.78 is 0. The van der Waals surface area contributed by atoms with Gasteiger partial charge in [-0.05, 0) is 19.8 Å². The fraction of sp³-hybridized carbons (Fsp3) is 0.923. The van der Waals surface area contributed by atoms with Gasteiger partial charge in [0.05, 0.1) is 0 Å². The highest BCUT2D eigenvalue weighted by atomic mass is 16.2. The van der Waals surface area contributed by atoms with Crippen LogP contribution in [0.15, 0.2) is 0 Å². The number of nitrogens with zero attached hydrogens (tertiary/aromatic N) is 1. The Kier molecular flexibility index (Phi) is 5.81. The Morgan fingerprint density at radius 1 is 1.50 bits per heavy atom. The van der Waals surface area contributed by atoms with Crippen LogP contribution in [0.25, 0.3) is 0 Å². The van der Waals surface area contributed by atoms with E-state index in [2.05, 4.69) is 31.0 Å². The molecule has 0 bridgehead atoms. The smallest absolute Gasteiger partial charge is 0.225 e. The summed E-state index contributed by atoms with van der Waals surface area (Å²) in [4.78, 5) is 14.4. The van der Waals surface area contributed by atoms with Crippen LogP contribution in [-0.4, -0.2) is 36.5 Å². The minimum absolute atomic E-state index is 0.250. The van der Waals surface area contributed by atoms with Crippen LogP contribution in [0.5, 0.6) is 0 Å². The topological polar surface area (TPSA) is 32.3 Å². The second-order valence-electron chi connectivity index (χ2n) is 4.83. The van der Waals surface area contributed by atoms with E-state index in [0.717, 1.165) is 32.5 Å². The average molecular weight is 226 g/mol. The minimum atomic E-state index is 0.250. The van der Waals surface area contributed by atoms with Gasteiger partial charge in [0.1, 0.15) is 0 Å². The zero-order chi connectivity index (χ0) is 12.0. The normalized spacial score (nSPS) is 23.2. The number of hydrogen-bond acceptors (Lipinski definition) is 2. The average Bonchev–Trinajstić information content (AvgIpc) is 2.30. The molecule has 0 aromatic rings. The molecule has 0 saturated carbocycles. The van der Waals surface area contributed by atoms with E-state index in [4.69, 9.17) is 0 Å². The zero-order valence-corrected chi connectivity index (χ0v) is 11.0. The summed E-state index contributed by atoms with van der Waals surface area (Å²) in [7, 11) is 0. The summed E-state index contributed by atoms with van der Waals surface area (Å²) in [5.41, 5.74) is 0. The van der Waals surface area contributed by atoms with Crippen molar-refractivity contribution in [2.24, 2.45) is 5.92 Å². The lowest BCUT2D eigenvalue weighted by molar-refractivity contribution is -0.138. The maximum Gasteiger partial charge on any atom is 0.225 e. The molecule has 0 aromatic carbocycles. The lowest BCUT2D eigenvalue weighted by atomic mass is 9.96. The molecule has 0 radical (unpaired) electrons. The van der Waals surface area contributed by atoms with Gasteiger partial charge in [0.15, 0.2) is 0 Å². The molecule has 0 aliphatic carbocycles. The molecule has 1 heterocycles. The Morgan fingerprint density at radius 2 is 2.25 bits per heavy atom. The largest absolute Gasteiger partial charge is 0.337 e. The van der Waals surface area contributed by atoms with Crippen molar-refractivity contribution in [2.45, 2.75) is 52.5 Å². The highest BCUT2D eigenvalue weighted by molar-refractivity contribution is 5.79. The molecule has 1 aliphatic heterocycles. The van der Waals surface area contributed by atoms with E-state index in [9.17, 15) is 4.79 Å². The van der Waals surface area contributed by atoms with Gasteiger partial charge in [-0.15, -0.1) is 0 Å². The fourth-order valence-corrected chi connectivity index (χ4v) is 2.36. The van der Waals surface area contributed by atoms with Gasteiger partial charge in [0, 0.05) is 31.6 Å². The van der Waals surface area contributed by atoms with E-state index in [1.165, 1.54) is 12.8 Å². The first-order valence-electron chi connectivity index (χ1n) is 6.71. The Balaban J connectivity index is 2.51. The number of rotatable bonds is 5. The van der Waals surface area contributed by atoms with Crippen molar-refractivity contribution < 1.29 is 4.79 Å². The molecule has 3 nitrogen and oxygen atoms in total. The molecule has 3 heteroatoms. The second-order valence-corrected chi connectivity index (χ2v) is 4.83. The third kappa shape index (κ3) is 3.48. The molecule has 1 unspecified atom stereocenters. The molecule has 2 atom stereocenters. The Labute approximate surface area is 99.6 Å². The predicted molar refractivity (Wildman–Crippen MR) is 67.4 cm³/mol. The highest BCUT2D eigenvalue weighted by Gasteiger charge is 2.27. The molecule has 16 heavy (non-hydrogen) atoms. The van der Waals surface area contributed by atoms with Gasteiger partial charge < -0.3 is 10.2 Å². The Morgan fingerprint density at radius 3 is 2.81 bits per heavy atom. The lowest BCUT2D eigenvalue weighted by Crippen LogP contribution is -2.53. The van der Waals surface area contributed by atoms with Crippen LogP contribution < -0.4 is 5.32 Å². The molecule has 1 saturated heterocycles.